The largest absolute Gasteiger partial charge is 0.353 e. The molecule has 14 heavy (non-hydrogen) atoms. The standard InChI is InChI=1S/C12H19NO/c1-7(14)13-12-10-3-8-2-9(5-10)6-11(12)4-8/h8-12H,2-6H2,1H3,(H,13,14). The van der Waals surface area contributed by atoms with E-state index in [1.165, 1.54) is 32.1 Å². The van der Waals surface area contributed by atoms with Gasteiger partial charge >= 0.3 is 0 Å². The maximum absolute atomic E-state index is 11.1. The van der Waals surface area contributed by atoms with Gasteiger partial charge in [0.15, 0.2) is 0 Å². The van der Waals surface area contributed by atoms with Gasteiger partial charge in [0.2, 0.25) is 5.91 Å². The van der Waals surface area contributed by atoms with Crippen LogP contribution in [0.5, 0.6) is 0 Å². The van der Waals surface area contributed by atoms with Gasteiger partial charge in [-0.15, -0.1) is 0 Å². The van der Waals surface area contributed by atoms with Gasteiger partial charge in [0, 0.05) is 13.0 Å². The Hall–Kier alpha value is -0.530. The minimum absolute atomic E-state index is 0.169. The zero-order valence-electron chi connectivity index (χ0n) is 8.83. The molecule has 0 aliphatic heterocycles. The molecule has 1 N–H and O–H groups in total. The second-order valence-corrected chi connectivity index (χ2v) is 5.66. The highest BCUT2D eigenvalue weighted by Gasteiger charge is 2.48. The summed E-state index contributed by atoms with van der Waals surface area (Å²) in [6, 6.07) is 0.528. The maximum Gasteiger partial charge on any atom is 0.217 e. The second kappa shape index (κ2) is 2.98. The molecule has 0 atom stereocenters. The Morgan fingerprint density at radius 2 is 1.50 bits per heavy atom. The first kappa shape index (κ1) is 8.75. The Balaban J connectivity index is 1.77. The molecule has 0 saturated heterocycles. The summed E-state index contributed by atoms with van der Waals surface area (Å²) in [5, 5.41) is 3.19. The first-order valence-corrected chi connectivity index (χ1v) is 5.99. The first-order valence-electron chi connectivity index (χ1n) is 5.99. The minimum atomic E-state index is 0.169. The monoisotopic (exact) mass is 193 g/mol. The summed E-state index contributed by atoms with van der Waals surface area (Å²) in [6.07, 6.45) is 7.03. The van der Waals surface area contributed by atoms with Gasteiger partial charge in [-0.2, -0.15) is 0 Å². The summed E-state index contributed by atoms with van der Waals surface area (Å²) in [6.45, 7) is 1.66. The van der Waals surface area contributed by atoms with Crippen molar-refractivity contribution in [3.63, 3.8) is 0 Å². The highest BCUT2D eigenvalue weighted by molar-refractivity contribution is 5.73. The maximum atomic E-state index is 11.1. The molecule has 4 aliphatic carbocycles. The summed E-state index contributed by atoms with van der Waals surface area (Å²) in [5.41, 5.74) is 0. The minimum Gasteiger partial charge on any atom is -0.353 e. The van der Waals surface area contributed by atoms with Crippen LogP contribution in [0.4, 0.5) is 0 Å². The molecule has 0 radical (unpaired) electrons. The molecular formula is C12H19NO. The third-order valence-electron chi connectivity index (χ3n) is 4.60. The summed E-state index contributed by atoms with van der Waals surface area (Å²) in [7, 11) is 0. The Kier molecular flexibility index (Phi) is 1.86. The number of amides is 1. The Morgan fingerprint density at radius 3 is 1.93 bits per heavy atom. The molecule has 4 fully saturated rings. The van der Waals surface area contributed by atoms with Crippen molar-refractivity contribution in [3.8, 4) is 0 Å². The van der Waals surface area contributed by atoms with Crippen LogP contribution in [0, 0.1) is 23.7 Å². The Labute approximate surface area is 85.4 Å². The molecule has 0 aromatic heterocycles. The molecule has 4 rings (SSSR count). The average molecular weight is 193 g/mol. The predicted molar refractivity (Wildman–Crippen MR) is 54.6 cm³/mol. The van der Waals surface area contributed by atoms with Crippen molar-refractivity contribution in [2.45, 2.75) is 45.1 Å². The SMILES string of the molecule is CC(=O)NC1C2CC3CC(C2)CC1C3. The fourth-order valence-corrected chi connectivity index (χ4v) is 4.40. The van der Waals surface area contributed by atoms with Crippen molar-refractivity contribution in [1.82, 2.24) is 5.32 Å². The predicted octanol–water partition coefficient (Wildman–Crippen LogP) is 1.95. The lowest BCUT2D eigenvalue weighted by Crippen LogP contribution is -2.55. The van der Waals surface area contributed by atoms with E-state index in [9.17, 15) is 4.79 Å². The van der Waals surface area contributed by atoms with Gasteiger partial charge in [-0.1, -0.05) is 0 Å². The Bertz CT molecular complexity index is 233. The van der Waals surface area contributed by atoms with E-state index in [4.69, 9.17) is 0 Å². The van der Waals surface area contributed by atoms with Gasteiger partial charge in [0.25, 0.3) is 0 Å². The lowest BCUT2D eigenvalue weighted by Gasteiger charge is -2.54. The zero-order chi connectivity index (χ0) is 9.71. The smallest absolute Gasteiger partial charge is 0.217 e. The lowest BCUT2D eigenvalue weighted by atomic mass is 9.54. The molecule has 4 saturated carbocycles. The van der Waals surface area contributed by atoms with Crippen molar-refractivity contribution >= 4 is 5.91 Å². The van der Waals surface area contributed by atoms with Crippen LogP contribution >= 0.6 is 0 Å². The molecule has 78 valence electrons. The number of hydrogen-bond donors (Lipinski definition) is 1. The summed E-state index contributed by atoms with van der Waals surface area (Å²) < 4.78 is 0. The van der Waals surface area contributed by atoms with Gasteiger partial charge in [-0.25, -0.2) is 0 Å². The molecular weight excluding hydrogens is 174 g/mol. The number of nitrogens with one attached hydrogen (secondary N) is 1. The van der Waals surface area contributed by atoms with Gasteiger partial charge in [-0.3, -0.25) is 4.79 Å². The van der Waals surface area contributed by atoms with Crippen molar-refractivity contribution in [1.29, 1.82) is 0 Å². The highest BCUT2D eigenvalue weighted by Crippen LogP contribution is 2.53. The molecule has 4 bridgehead atoms. The van der Waals surface area contributed by atoms with Crippen LogP contribution < -0.4 is 5.32 Å². The Morgan fingerprint density at radius 1 is 1.00 bits per heavy atom. The van der Waals surface area contributed by atoms with Gasteiger partial charge in [0.05, 0.1) is 0 Å². The number of rotatable bonds is 1. The van der Waals surface area contributed by atoms with E-state index in [-0.39, 0.29) is 5.91 Å². The zero-order valence-corrected chi connectivity index (χ0v) is 8.83. The van der Waals surface area contributed by atoms with E-state index in [1.807, 2.05) is 0 Å². The normalized spacial score (nSPS) is 49.4. The highest BCUT2D eigenvalue weighted by atomic mass is 16.1. The van der Waals surface area contributed by atoms with Crippen molar-refractivity contribution < 1.29 is 4.79 Å². The van der Waals surface area contributed by atoms with Crippen LogP contribution in [0.2, 0.25) is 0 Å². The lowest BCUT2D eigenvalue weighted by molar-refractivity contribution is -0.122. The third kappa shape index (κ3) is 1.27. The van der Waals surface area contributed by atoms with Crippen molar-refractivity contribution in [2.24, 2.45) is 23.7 Å². The topological polar surface area (TPSA) is 29.1 Å². The van der Waals surface area contributed by atoms with Crippen LogP contribution in [-0.4, -0.2) is 11.9 Å². The number of hydrogen-bond acceptors (Lipinski definition) is 1. The second-order valence-electron chi connectivity index (χ2n) is 5.66. The fraction of sp³-hybridized carbons (Fsp3) is 0.917. The fourth-order valence-electron chi connectivity index (χ4n) is 4.40. The van der Waals surface area contributed by atoms with E-state index in [2.05, 4.69) is 5.32 Å². The van der Waals surface area contributed by atoms with Crippen LogP contribution in [-0.2, 0) is 4.79 Å². The number of carbonyl (C=O) groups is 1. The van der Waals surface area contributed by atoms with E-state index >= 15 is 0 Å². The summed E-state index contributed by atoms with van der Waals surface area (Å²) in [4.78, 5) is 11.1. The van der Waals surface area contributed by atoms with E-state index < -0.39 is 0 Å². The van der Waals surface area contributed by atoms with E-state index in [0.29, 0.717) is 6.04 Å². The van der Waals surface area contributed by atoms with Gasteiger partial charge in [-0.05, 0) is 55.8 Å². The van der Waals surface area contributed by atoms with Crippen LogP contribution in [0.3, 0.4) is 0 Å². The molecule has 0 spiro atoms. The molecule has 2 heteroatoms. The molecule has 2 nitrogen and oxygen atoms in total. The third-order valence-corrected chi connectivity index (χ3v) is 4.60. The van der Waals surface area contributed by atoms with Crippen LogP contribution in [0.25, 0.3) is 0 Å². The summed E-state index contributed by atoms with van der Waals surface area (Å²) >= 11 is 0. The summed E-state index contributed by atoms with van der Waals surface area (Å²) in [5.74, 6) is 3.80. The quantitative estimate of drug-likeness (QED) is 0.677. The molecule has 0 heterocycles. The number of carbonyl (C=O) groups excluding carboxylic acids is 1. The molecule has 0 aromatic carbocycles. The van der Waals surface area contributed by atoms with E-state index in [0.717, 1.165) is 23.7 Å². The van der Waals surface area contributed by atoms with Crippen LogP contribution in [0.1, 0.15) is 39.0 Å². The van der Waals surface area contributed by atoms with Crippen molar-refractivity contribution in [2.75, 3.05) is 0 Å². The van der Waals surface area contributed by atoms with Crippen molar-refractivity contribution in [3.05, 3.63) is 0 Å². The average Bonchev–Trinajstić information content (AvgIpc) is 2.09. The van der Waals surface area contributed by atoms with Gasteiger partial charge in [0.1, 0.15) is 0 Å². The molecule has 1 amide bonds. The molecule has 0 aromatic rings. The molecule has 4 aliphatic rings. The van der Waals surface area contributed by atoms with Gasteiger partial charge < -0.3 is 5.32 Å². The van der Waals surface area contributed by atoms with Crippen LogP contribution in [0.15, 0.2) is 0 Å². The molecule has 0 unspecified atom stereocenters. The first-order chi connectivity index (χ1) is 6.72. The van der Waals surface area contributed by atoms with E-state index in [1.54, 1.807) is 6.92 Å².